The Hall–Kier alpha value is -0.870. The molecule has 1 unspecified atom stereocenters. The summed E-state index contributed by atoms with van der Waals surface area (Å²) in [7, 11) is 0. The van der Waals surface area contributed by atoms with E-state index in [4.69, 9.17) is 0 Å². The van der Waals surface area contributed by atoms with Crippen LogP contribution in [0.2, 0.25) is 0 Å². The van der Waals surface area contributed by atoms with E-state index in [0.29, 0.717) is 5.92 Å². The Morgan fingerprint density at radius 1 is 1.35 bits per heavy atom. The molecule has 1 saturated heterocycles. The number of hydrogen-bond donors (Lipinski definition) is 1. The third-order valence-corrected chi connectivity index (χ3v) is 3.73. The summed E-state index contributed by atoms with van der Waals surface area (Å²) in [5, 5.41) is 3.39. The molecule has 0 saturated carbocycles. The van der Waals surface area contributed by atoms with Crippen molar-refractivity contribution in [1.29, 1.82) is 0 Å². The van der Waals surface area contributed by atoms with Crippen molar-refractivity contribution in [3.05, 3.63) is 18.2 Å². The second-order valence-electron chi connectivity index (χ2n) is 4.91. The van der Waals surface area contributed by atoms with Gasteiger partial charge in [0, 0.05) is 51.2 Å². The molecule has 4 heteroatoms. The lowest BCUT2D eigenvalue weighted by Crippen LogP contribution is -2.44. The van der Waals surface area contributed by atoms with Crippen molar-refractivity contribution < 1.29 is 0 Å². The molecule has 0 bridgehead atoms. The summed E-state index contributed by atoms with van der Waals surface area (Å²) in [5.74, 6) is 0.612. The van der Waals surface area contributed by atoms with Crippen LogP contribution < -0.4 is 5.32 Å². The van der Waals surface area contributed by atoms with Crippen molar-refractivity contribution in [2.75, 3.05) is 32.7 Å². The molecule has 0 radical (unpaired) electrons. The van der Waals surface area contributed by atoms with Crippen molar-refractivity contribution in [3.63, 3.8) is 0 Å². The van der Waals surface area contributed by atoms with Gasteiger partial charge in [0.05, 0.1) is 6.33 Å². The van der Waals surface area contributed by atoms with Crippen molar-refractivity contribution in [1.82, 2.24) is 19.8 Å². The van der Waals surface area contributed by atoms with Gasteiger partial charge < -0.3 is 9.88 Å². The first-order valence-corrected chi connectivity index (χ1v) is 6.74. The van der Waals surface area contributed by atoms with Crippen LogP contribution >= 0.6 is 0 Å². The second-order valence-corrected chi connectivity index (χ2v) is 4.91. The third-order valence-electron chi connectivity index (χ3n) is 3.73. The molecule has 1 fully saturated rings. The zero-order chi connectivity index (χ0) is 12.1. The Balaban J connectivity index is 1.87. The average Bonchev–Trinajstić information content (AvgIpc) is 2.85. The van der Waals surface area contributed by atoms with Crippen molar-refractivity contribution in [2.24, 2.45) is 0 Å². The number of piperazine rings is 1. The molecule has 96 valence electrons. The second kappa shape index (κ2) is 6.17. The molecule has 1 aromatic rings. The molecule has 0 aliphatic carbocycles. The quantitative estimate of drug-likeness (QED) is 0.836. The molecule has 1 aliphatic rings. The van der Waals surface area contributed by atoms with Gasteiger partial charge in [-0.05, 0) is 12.3 Å². The number of nitrogens with one attached hydrogen (secondary N) is 1. The highest BCUT2D eigenvalue weighted by molar-refractivity contribution is 5.04. The van der Waals surface area contributed by atoms with Gasteiger partial charge in [-0.2, -0.15) is 0 Å². The largest absolute Gasteiger partial charge is 0.333 e. The number of nitrogens with zero attached hydrogens (tertiary/aromatic N) is 3. The molecule has 1 aliphatic heterocycles. The monoisotopic (exact) mass is 236 g/mol. The van der Waals surface area contributed by atoms with Crippen molar-refractivity contribution >= 4 is 0 Å². The Bertz CT molecular complexity index is 328. The van der Waals surface area contributed by atoms with Crippen LogP contribution in [0.25, 0.3) is 0 Å². The Morgan fingerprint density at radius 3 is 2.82 bits per heavy atom. The summed E-state index contributed by atoms with van der Waals surface area (Å²) in [6, 6.07) is 0. The van der Waals surface area contributed by atoms with Crippen molar-refractivity contribution in [2.45, 2.75) is 32.7 Å². The molecule has 0 aromatic carbocycles. The van der Waals surface area contributed by atoms with Gasteiger partial charge in [-0.25, -0.2) is 4.98 Å². The molecule has 0 amide bonds. The lowest BCUT2D eigenvalue weighted by molar-refractivity contribution is 0.231. The maximum atomic E-state index is 4.29. The maximum absolute atomic E-state index is 4.29. The Kier molecular flexibility index (Phi) is 4.57. The first-order chi connectivity index (χ1) is 8.31. The lowest BCUT2D eigenvalue weighted by Gasteiger charge is -2.27. The molecule has 0 spiro atoms. The molecule has 1 atom stereocenters. The minimum atomic E-state index is 0.612. The molecule has 2 rings (SSSR count). The van der Waals surface area contributed by atoms with E-state index in [9.17, 15) is 0 Å². The Labute approximate surface area is 104 Å². The molecular formula is C13H24N4. The van der Waals surface area contributed by atoms with E-state index < -0.39 is 0 Å². The highest BCUT2D eigenvalue weighted by Crippen LogP contribution is 2.17. The fourth-order valence-corrected chi connectivity index (χ4v) is 2.32. The van der Waals surface area contributed by atoms with E-state index in [1.807, 2.05) is 12.5 Å². The van der Waals surface area contributed by atoms with Crippen LogP contribution in [0.3, 0.4) is 0 Å². The zero-order valence-electron chi connectivity index (χ0n) is 11.0. The predicted molar refractivity (Wildman–Crippen MR) is 70.2 cm³/mol. The van der Waals surface area contributed by atoms with E-state index >= 15 is 0 Å². The standard InChI is InChI=1S/C13H24N4/c1-3-12(2)13-10-15-11-17(13)9-8-16-6-4-14-5-7-16/h10-12,14H,3-9H2,1-2H3. The number of hydrogen-bond acceptors (Lipinski definition) is 3. The van der Waals surface area contributed by atoms with Crippen molar-refractivity contribution in [3.8, 4) is 0 Å². The minimum absolute atomic E-state index is 0.612. The van der Waals surface area contributed by atoms with Gasteiger partial charge in [0.25, 0.3) is 0 Å². The van der Waals surface area contributed by atoms with Gasteiger partial charge in [-0.1, -0.05) is 13.8 Å². The van der Waals surface area contributed by atoms with Crippen LogP contribution in [0.1, 0.15) is 31.9 Å². The maximum Gasteiger partial charge on any atom is 0.0948 e. The number of aromatic nitrogens is 2. The smallest absolute Gasteiger partial charge is 0.0948 e. The molecule has 17 heavy (non-hydrogen) atoms. The molecule has 2 heterocycles. The fourth-order valence-electron chi connectivity index (χ4n) is 2.32. The highest BCUT2D eigenvalue weighted by atomic mass is 15.2. The van der Waals surface area contributed by atoms with Crippen LogP contribution in [0.15, 0.2) is 12.5 Å². The van der Waals surface area contributed by atoms with Crippen LogP contribution in [-0.2, 0) is 6.54 Å². The third kappa shape index (κ3) is 3.30. The van der Waals surface area contributed by atoms with Gasteiger partial charge in [0.2, 0.25) is 0 Å². The summed E-state index contributed by atoms with van der Waals surface area (Å²) >= 11 is 0. The van der Waals surface area contributed by atoms with Crippen LogP contribution in [0, 0.1) is 0 Å². The molecule has 4 nitrogen and oxygen atoms in total. The molecule has 1 N–H and O–H groups in total. The summed E-state index contributed by atoms with van der Waals surface area (Å²) in [6.07, 6.45) is 5.18. The Morgan fingerprint density at radius 2 is 2.12 bits per heavy atom. The fraction of sp³-hybridized carbons (Fsp3) is 0.769. The van der Waals surface area contributed by atoms with Gasteiger partial charge >= 0.3 is 0 Å². The summed E-state index contributed by atoms with van der Waals surface area (Å²) in [5.41, 5.74) is 1.38. The van der Waals surface area contributed by atoms with Gasteiger partial charge in [0.1, 0.15) is 0 Å². The van der Waals surface area contributed by atoms with E-state index in [1.165, 1.54) is 25.2 Å². The predicted octanol–water partition coefficient (Wildman–Crippen LogP) is 1.30. The van der Waals surface area contributed by atoms with E-state index in [0.717, 1.165) is 26.2 Å². The van der Waals surface area contributed by atoms with E-state index in [2.05, 4.69) is 33.6 Å². The zero-order valence-corrected chi connectivity index (χ0v) is 11.0. The van der Waals surface area contributed by atoms with E-state index in [-0.39, 0.29) is 0 Å². The topological polar surface area (TPSA) is 33.1 Å². The van der Waals surface area contributed by atoms with Crippen LogP contribution in [0.5, 0.6) is 0 Å². The SMILES string of the molecule is CCC(C)c1cncn1CCN1CCNCC1. The summed E-state index contributed by atoms with van der Waals surface area (Å²) < 4.78 is 2.32. The van der Waals surface area contributed by atoms with Crippen LogP contribution in [0.4, 0.5) is 0 Å². The van der Waals surface area contributed by atoms with Gasteiger partial charge in [-0.3, -0.25) is 4.90 Å². The molecule has 1 aromatic heterocycles. The number of imidazole rings is 1. The lowest BCUT2D eigenvalue weighted by atomic mass is 10.1. The van der Waals surface area contributed by atoms with Gasteiger partial charge in [0.15, 0.2) is 0 Å². The highest BCUT2D eigenvalue weighted by Gasteiger charge is 2.12. The molecular weight excluding hydrogens is 212 g/mol. The minimum Gasteiger partial charge on any atom is -0.333 e. The summed E-state index contributed by atoms with van der Waals surface area (Å²) in [6.45, 7) is 11.3. The van der Waals surface area contributed by atoms with E-state index in [1.54, 1.807) is 0 Å². The normalized spacial score (nSPS) is 19.4. The summed E-state index contributed by atoms with van der Waals surface area (Å²) in [4.78, 5) is 6.81. The van der Waals surface area contributed by atoms with Crippen LogP contribution in [-0.4, -0.2) is 47.2 Å². The first kappa shape index (κ1) is 12.6. The average molecular weight is 236 g/mol. The number of rotatable bonds is 5. The van der Waals surface area contributed by atoms with Gasteiger partial charge in [-0.15, -0.1) is 0 Å². The first-order valence-electron chi connectivity index (χ1n) is 6.74.